The Morgan fingerprint density at radius 1 is 0.652 bits per heavy atom. The summed E-state index contributed by atoms with van der Waals surface area (Å²) in [4.78, 5) is 0. The molecular weight excluding hydrogens is 320 g/mol. The van der Waals surface area contributed by atoms with Crippen LogP contribution in [-0.2, 0) is 14.2 Å². The number of hydrogen-bond acceptors (Lipinski definition) is 11. The van der Waals surface area contributed by atoms with Crippen molar-refractivity contribution in [2.24, 2.45) is 0 Å². The Balaban J connectivity index is 1.94. The van der Waals surface area contributed by atoms with Gasteiger partial charge in [0.15, 0.2) is 12.6 Å². The molecule has 0 aromatic carbocycles. The summed E-state index contributed by atoms with van der Waals surface area (Å²) in [6.45, 7) is -1.10. The first-order valence-electron chi connectivity index (χ1n) is 7.07. The van der Waals surface area contributed by atoms with Crippen LogP contribution in [0.1, 0.15) is 0 Å². The minimum atomic E-state index is -1.74. The highest BCUT2D eigenvalue weighted by Crippen LogP contribution is 2.24. The maximum atomic E-state index is 9.78. The van der Waals surface area contributed by atoms with Gasteiger partial charge >= 0.3 is 0 Å². The van der Waals surface area contributed by atoms with Crippen LogP contribution < -0.4 is 0 Å². The topological polar surface area (TPSA) is 190 Å². The van der Waals surface area contributed by atoms with E-state index >= 15 is 0 Å². The average molecular weight is 342 g/mol. The molecular formula is C12H22O11. The number of hydrogen-bond donors (Lipinski definition) is 8. The zero-order valence-corrected chi connectivity index (χ0v) is 12.0. The maximum Gasteiger partial charge on any atom is 0.186 e. The molecule has 10 atom stereocenters. The molecule has 0 bridgehead atoms. The minimum Gasteiger partial charge on any atom is -0.394 e. The molecule has 0 radical (unpaired) electrons. The van der Waals surface area contributed by atoms with Gasteiger partial charge in [-0.3, -0.25) is 0 Å². The first kappa shape index (κ1) is 18.9. The summed E-state index contributed by atoms with van der Waals surface area (Å²) in [5.74, 6) is 0. The van der Waals surface area contributed by atoms with Crippen LogP contribution in [0.3, 0.4) is 0 Å². The standard InChI is InChI=1S/C12H22O11/c13-1-3-5(14)8(17)10(19)12(23-3)21-2-4-6(15)7(16)9(18)11(20)22-4/h3-20H,1-2H2/t3-,4-,5-,6+,7+,8+,9-,10-,11-,12-/m0/s1. The molecule has 0 unspecified atom stereocenters. The van der Waals surface area contributed by atoms with Crippen molar-refractivity contribution in [3.8, 4) is 0 Å². The van der Waals surface area contributed by atoms with E-state index in [1.54, 1.807) is 0 Å². The third-order valence-electron chi connectivity index (χ3n) is 3.96. The van der Waals surface area contributed by atoms with E-state index in [1.807, 2.05) is 0 Å². The van der Waals surface area contributed by atoms with Crippen LogP contribution in [0.4, 0.5) is 0 Å². The molecule has 2 rings (SSSR count). The average Bonchev–Trinajstić information content (AvgIpc) is 2.54. The van der Waals surface area contributed by atoms with Crippen molar-refractivity contribution in [3.63, 3.8) is 0 Å². The summed E-state index contributed by atoms with van der Waals surface area (Å²) in [7, 11) is 0. The van der Waals surface area contributed by atoms with Crippen molar-refractivity contribution < 1.29 is 55.1 Å². The zero-order valence-electron chi connectivity index (χ0n) is 12.0. The van der Waals surface area contributed by atoms with Gasteiger partial charge < -0.3 is 55.1 Å². The fraction of sp³-hybridized carbons (Fsp3) is 1.00. The summed E-state index contributed by atoms with van der Waals surface area (Å²) >= 11 is 0. The van der Waals surface area contributed by atoms with Crippen LogP contribution in [-0.4, -0.2) is 115 Å². The van der Waals surface area contributed by atoms with Gasteiger partial charge in [-0.15, -0.1) is 0 Å². The summed E-state index contributed by atoms with van der Waals surface area (Å²) in [6.07, 6.45) is -15.3. The number of ether oxygens (including phenoxy) is 3. The molecule has 136 valence electrons. The zero-order chi connectivity index (χ0) is 17.3. The van der Waals surface area contributed by atoms with Gasteiger partial charge in [-0.25, -0.2) is 0 Å². The second-order valence-electron chi connectivity index (χ2n) is 5.57. The van der Waals surface area contributed by atoms with Gasteiger partial charge in [0.1, 0.15) is 48.8 Å². The van der Waals surface area contributed by atoms with Gasteiger partial charge in [0.25, 0.3) is 0 Å². The molecule has 2 aliphatic rings. The van der Waals surface area contributed by atoms with Gasteiger partial charge in [0.05, 0.1) is 13.2 Å². The highest BCUT2D eigenvalue weighted by molar-refractivity contribution is 4.91. The summed E-state index contributed by atoms with van der Waals surface area (Å²) in [5, 5.41) is 76.1. The lowest BCUT2D eigenvalue weighted by atomic mass is 9.98. The molecule has 2 saturated heterocycles. The van der Waals surface area contributed by atoms with E-state index in [0.29, 0.717) is 0 Å². The Bertz CT molecular complexity index is 380. The predicted octanol–water partition coefficient (Wildman–Crippen LogP) is -5.40. The van der Waals surface area contributed by atoms with E-state index in [2.05, 4.69) is 0 Å². The van der Waals surface area contributed by atoms with E-state index < -0.39 is 74.6 Å². The van der Waals surface area contributed by atoms with E-state index in [1.165, 1.54) is 0 Å². The van der Waals surface area contributed by atoms with E-state index in [4.69, 9.17) is 19.3 Å². The molecule has 0 aliphatic carbocycles. The minimum absolute atomic E-state index is 0.468. The number of aliphatic hydroxyl groups is 8. The quantitative estimate of drug-likeness (QED) is 0.243. The number of rotatable bonds is 4. The number of aliphatic hydroxyl groups excluding tert-OH is 8. The van der Waals surface area contributed by atoms with Crippen molar-refractivity contribution in [1.29, 1.82) is 0 Å². The predicted molar refractivity (Wildman–Crippen MR) is 68.6 cm³/mol. The van der Waals surface area contributed by atoms with E-state index in [9.17, 15) is 35.7 Å². The van der Waals surface area contributed by atoms with Crippen molar-refractivity contribution >= 4 is 0 Å². The lowest BCUT2D eigenvalue weighted by Gasteiger charge is -2.41. The van der Waals surface area contributed by atoms with Gasteiger partial charge in [-0.2, -0.15) is 0 Å². The van der Waals surface area contributed by atoms with Crippen LogP contribution in [0.2, 0.25) is 0 Å². The molecule has 11 nitrogen and oxygen atoms in total. The molecule has 11 heteroatoms. The molecule has 2 heterocycles. The Labute approximate surface area is 130 Å². The molecule has 0 spiro atoms. The molecule has 8 N–H and O–H groups in total. The van der Waals surface area contributed by atoms with Gasteiger partial charge in [-0.1, -0.05) is 0 Å². The first-order chi connectivity index (χ1) is 10.8. The monoisotopic (exact) mass is 342 g/mol. The van der Waals surface area contributed by atoms with Gasteiger partial charge in [0, 0.05) is 0 Å². The molecule has 2 aliphatic heterocycles. The molecule has 2 fully saturated rings. The van der Waals surface area contributed by atoms with Crippen molar-refractivity contribution in [2.45, 2.75) is 61.4 Å². The first-order valence-corrected chi connectivity index (χ1v) is 7.07. The molecule has 23 heavy (non-hydrogen) atoms. The van der Waals surface area contributed by atoms with Crippen LogP contribution in [0.5, 0.6) is 0 Å². The van der Waals surface area contributed by atoms with Crippen molar-refractivity contribution in [3.05, 3.63) is 0 Å². The Morgan fingerprint density at radius 2 is 1.22 bits per heavy atom. The van der Waals surface area contributed by atoms with Crippen LogP contribution >= 0.6 is 0 Å². The van der Waals surface area contributed by atoms with E-state index in [0.717, 1.165) is 0 Å². The smallest absolute Gasteiger partial charge is 0.186 e. The summed E-state index contributed by atoms with van der Waals surface area (Å²) in [6, 6.07) is 0. The van der Waals surface area contributed by atoms with Crippen molar-refractivity contribution in [1.82, 2.24) is 0 Å². The Morgan fingerprint density at radius 3 is 1.83 bits per heavy atom. The molecule has 0 amide bonds. The summed E-state index contributed by atoms with van der Waals surface area (Å²) in [5.41, 5.74) is 0. The van der Waals surface area contributed by atoms with Crippen LogP contribution in [0.15, 0.2) is 0 Å². The lowest BCUT2D eigenvalue weighted by molar-refractivity contribution is -0.325. The Kier molecular flexibility index (Phi) is 6.27. The largest absolute Gasteiger partial charge is 0.394 e. The van der Waals surface area contributed by atoms with Gasteiger partial charge in [-0.05, 0) is 0 Å². The second-order valence-corrected chi connectivity index (χ2v) is 5.57. The summed E-state index contributed by atoms with van der Waals surface area (Å²) < 4.78 is 15.1. The van der Waals surface area contributed by atoms with Crippen molar-refractivity contribution in [2.75, 3.05) is 13.2 Å². The molecule has 0 saturated carbocycles. The van der Waals surface area contributed by atoms with Crippen LogP contribution in [0.25, 0.3) is 0 Å². The fourth-order valence-electron chi connectivity index (χ4n) is 2.46. The lowest BCUT2D eigenvalue weighted by Crippen LogP contribution is -2.61. The second kappa shape index (κ2) is 7.63. The fourth-order valence-corrected chi connectivity index (χ4v) is 2.46. The maximum absolute atomic E-state index is 9.78. The third-order valence-corrected chi connectivity index (χ3v) is 3.96. The Hall–Kier alpha value is -0.440. The normalized spacial score (nSPS) is 51.7. The SMILES string of the molecule is OC[C@@H]1O[C@H](OC[C@@H]2O[C@H](O)[C@@H](O)[C@H](O)[C@@H]2O)[C@@H](O)[C@H](O)[C@H]1O. The molecule has 0 aromatic rings. The highest BCUT2D eigenvalue weighted by Gasteiger charge is 2.46. The third kappa shape index (κ3) is 3.81. The van der Waals surface area contributed by atoms with Gasteiger partial charge in [0.2, 0.25) is 0 Å². The van der Waals surface area contributed by atoms with Crippen LogP contribution in [0, 0.1) is 0 Å². The van der Waals surface area contributed by atoms with E-state index in [-0.39, 0.29) is 0 Å². The highest BCUT2D eigenvalue weighted by atomic mass is 16.7. The molecule has 0 aromatic heterocycles.